The highest BCUT2D eigenvalue weighted by Crippen LogP contribution is 2.66. The number of thioether (sulfide) groups is 2. The molecule has 31 nitrogen and oxygen atoms in total. The molecule has 0 saturated carbocycles. The van der Waals surface area contributed by atoms with Crippen molar-refractivity contribution in [1.82, 2.24) is 45.5 Å². The zero-order chi connectivity index (χ0) is 92.6. The Kier molecular flexibility index (Phi) is 28.2. The first-order chi connectivity index (χ1) is 61.8. The van der Waals surface area contributed by atoms with Gasteiger partial charge in [0, 0.05) is 128 Å². The average Bonchev–Trinajstić information content (AvgIpc) is 1.54. The number of nitrogens with two attached hydrogens (primary N) is 1. The van der Waals surface area contributed by atoms with Crippen LogP contribution in [0, 0.1) is 78.1 Å². The molecule has 684 valence electrons. The highest BCUT2D eigenvalue weighted by Gasteiger charge is 2.63. The molecule has 129 heavy (non-hydrogen) atoms. The van der Waals surface area contributed by atoms with E-state index in [1.165, 1.54) is 34.4 Å². The third kappa shape index (κ3) is 17.4. The normalized spacial score (nSPS) is 24.0. The van der Waals surface area contributed by atoms with Crippen LogP contribution in [0.25, 0.3) is 21.8 Å². The Bertz CT molecular complexity index is 5800. The number of aromatic nitrogens is 2. The van der Waals surface area contributed by atoms with E-state index in [1.807, 2.05) is 47.9 Å². The quantitative estimate of drug-likeness (QED) is 0.0154. The molecule has 2 amide bonds. The number of nitriles is 2. The van der Waals surface area contributed by atoms with E-state index in [-0.39, 0.29) is 110 Å². The van der Waals surface area contributed by atoms with Gasteiger partial charge in [-0.15, -0.1) is 23.5 Å². The van der Waals surface area contributed by atoms with Crippen molar-refractivity contribution in [2.24, 2.45) is 5.73 Å². The van der Waals surface area contributed by atoms with Crippen LogP contribution in [0.15, 0.2) is 80.0 Å². The highest BCUT2D eigenvalue weighted by molar-refractivity contribution is 8.00. The zero-order valence-electron chi connectivity index (χ0n) is 75.4. The molecule has 2 saturated heterocycles. The third-order valence-corrected chi connectivity index (χ3v) is 29.8. The van der Waals surface area contributed by atoms with E-state index in [0.29, 0.717) is 92.0 Å². The number of carbonyl (C=O) groups is 6. The van der Waals surface area contributed by atoms with Gasteiger partial charge in [-0.1, -0.05) is 60.7 Å². The SMILES string of the molecule is C=CCOC(=O)NC[C@@H](N)Cc1c[nH]c2ccc(C)cc12.C=CCOC(=O)NC[C@@H]1Cc2c([nH]c3ccc(C)cc23)[C@@](C)(CS[C@@H]2c3c(C)c(C)c4c(c3[C@H](COC=O)N3[C@@H]2[C@H]2c5c(cc(C)c(OC)c5O)C[C@@H]([C@@H]3C#N)N2C)OCO4)N1.CC(=O)O.COc1c(C)cc2c(c1O)[C@@H]1[C@@H]3[C@H](SCC(C)=O)c4c(C)c(C)c5c(c4[C@H](COC=O)N3[C@@H](C#N)[C@H](C2)N1C)OCO5. The maximum atomic E-state index is 12.7. The average molecular weight is 1800 g/mol. The van der Waals surface area contributed by atoms with Gasteiger partial charge in [0.2, 0.25) is 13.6 Å². The van der Waals surface area contributed by atoms with Gasteiger partial charge in [0.25, 0.3) is 18.9 Å². The van der Waals surface area contributed by atoms with Crippen LogP contribution in [0.5, 0.6) is 46.0 Å². The molecular weight excluding hydrogens is 1690 g/mol. The van der Waals surface area contributed by atoms with Crippen LogP contribution in [-0.4, -0.2) is 223 Å². The van der Waals surface area contributed by atoms with E-state index >= 15 is 0 Å². The number of piperazine rings is 2. The molecule has 0 unspecified atom stereocenters. The number of hydrogen-bond donors (Lipinski definition) is 9. The molecule has 4 bridgehead atoms. The molecule has 0 spiro atoms. The minimum Gasteiger partial charge on any atom is -0.504 e. The summed E-state index contributed by atoms with van der Waals surface area (Å²) >= 11 is 3.32. The Morgan fingerprint density at radius 2 is 1.13 bits per heavy atom. The van der Waals surface area contributed by atoms with Crippen molar-refractivity contribution in [3.63, 3.8) is 0 Å². The minimum atomic E-state index is -0.833. The summed E-state index contributed by atoms with van der Waals surface area (Å²) in [7, 11) is 7.18. The molecule has 8 aromatic rings. The fraction of sp³-hybridized carbons (Fsp3) is 0.458. The molecule has 0 aliphatic carbocycles. The number of carboxylic acids is 1. The lowest BCUT2D eigenvalue weighted by molar-refractivity contribution is -0.135. The number of rotatable bonds is 24. The second-order valence-electron chi connectivity index (χ2n) is 34.7. The number of alkyl carbamates (subject to hydrolysis) is 2. The lowest BCUT2D eigenvalue weighted by Gasteiger charge is -2.62. The largest absolute Gasteiger partial charge is 0.504 e. The number of phenolic OH excluding ortho intramolecular Hbond substituents is 2. The second-order valence-corrected chi connectivity index (χ2v) is 37.0. The van der Waals surface area contributed by atoms with Crippen LogP contribution in [0.1, 0.15) is 161 Å². The maximum Gasteiger partial charge on any atom is 0.407 e. The Morgan fingerprint density at radius 3 is 1.60 bits per heavy atom. The number of H-pyrrole nitrogens is 2. The van der Waals surface area contributed by atoms with Crippen molar-refractivity contribution in [3.05, 3.63) is 186 Å². The van der Waals surface area contributed by atoms with Gasteiger partial charge in [0.05, 0.1) is 61.8 Å². The fourth-order valence-corrected chi connectivity index (χ4v) is 24.3. The minimum absolute atomic E-state index is 0.00673. The van der Waals surface area contributed by atoms with Gasteiger partial charge in [-0.2, -0.15) is 10.5 Å². The second kappa shape index (κ2) is 38.9. The number of likely N-dealkylation sites (N-methyl/N-ethyl adjacent to an activating group) is 2. The van der Waals surface area contributed by atoms with Crippen molar-refractivity contribution in [3.8, 4) is 58.1 Å². The van der Waals surface area contributed by atoms with E-state index in [2.05, 4.69) is 154 Å². The monoisotopic (exact) mass is 1800 g/mol. The van der Waals surface area contributed by atoms with Crippen LogP contribution in [0.3, 0.4) is 0 Å². The molecule has 2 aromatic heterocycles. The van der Waals surface area contributed by atoms with E-state index in [0.717, 1.165) is 118 Å². The summed E-state index contributed by atoms with van der Waals surface area (Å²) in [6, 6.07) is 17.6. The number of aromatic amines is 2. The number of carbonyl (C=O) groups excluding carboxylic acids is 5. The first-order valence-corrected chi connectivity index (χ1v) is 45.1. The van der Waals surface area contributed by atoms with Gasteiger partial charge in [-0.3, -0.25) is 38.8 Å². The van der Waals surface area contributed by atoms with Crippen LogP contribution in [-0.2, 0) is 69.3 Å². The summed E-state index contributed by atoms with van der Waals surface area (Å²) in [5.74, 6) is 3.60. The van der Waals surface area contributed by atoms with Crippen molar-refractivity contribution >= 4 is 82.2 Å². The number of aromatic hydroxyl groups is 2. The molecule has 11 heterocycles. The summed E-state index contributed by atoms with van der Waals surface area (Å²) in [4.78, 5) is 84.9. The molecule has 9 aliphatic heterocycles. The fourth-order valence-electron chi connectivity index (χ4n) is 21.2. The number of aliphatic carboxylic acids is 1. The predicted octanol–water partition coefficient (Wildman–Crippen LogP) is 12.5. The molecule has 9 aliphatic rings. The summed E-state index contributed by atoms with van der Waals surface area (Å²) in [6.45, 7) is 30.2. The van der Waals surface area contributed by atoms with Crippen LogP contribution < -0.4 is 50.1 Å². The molecule has 17 rings (SSSR count). The lowest BCUT2D eigenvalue weighted by Crippen LogP contribution is -2.69. The number of benzene rings is 6. The van der Waals surface area contributed by atoms with Gasteiger partial charge in [-0.25, -0.2) is 9.59 Å². The number of aryl methyl sites for hydroxylation is 4. The number of fused-ring (bicyclic) bond motifs is 22. The van der Waals surface area contributed by atoms with Crippen LogP contribution in [0.2, 0.25) is 0 Å². The van der Waals surface area contributed by atoms with Crippen molar-refractivity contribution in [2.45, 2.75) is 190 Å². The van der Waals surface area contributed by atoms with E-state index < -0.39 is 59.9 Å². The van der Waals surface area contributed by atoms with Gasteiger partial charge < -0.3 is 94.3 Å². The van der Waals surface area contributed by atoms with Gasteiger partial charge in [0.1, 0.15) is 44.3 Å². The Labute approximate surface area is 758 Å². The number of ether oxygens (including phenoxy) is 10. The predicted molar refractivity (Wildman–Crippen MR) is 488 cm³/mol. The molecule has 2 fully saturated rings. The Balaban J connectivity index is 0.000000172. The number of methoxy groups -OCH3 is 2. The maximum absolute atomic E-state index is 12.7. The Morgan fingerprint density at radius 1 is 0.659 bits per heavy atom. The lowest BCUT2D eigenvalue weighted by atomic mass is 9.71. The summed E-state index contributed by atoms with van der Waals surface area (Å²) < 4.78 is 57.2. The molecule has 0 radical (unpaired) electrons. The molecule has 33 heteroatoms. The number of phenols is 2. The number of carboxylic acid groups (broad SMARTS) is 1. The number of ketones is 1. The highest BCUT2D eigenvalue weighted by atomic mass is 32.2. The molecule has 15 atom stereocenters. The first kappa shape index (κ1) is 93.5. The van der Waals surface area contributed by atoms with Crippen LogP contribution >= 0.6 is 23.5 Å². The van der Waals surface area contributed by atoms with Crippen molar-refractivity contribution < 1.29 is 91.5 Å². The van der Waals surface area contributed by atoms with Crippen molar-refractivity contribution in [2.75, 3.05) is 92.9 Å². The summed E-state index contributed by atoms with van der Waals surface area (Å²) in [5, 5.41) is 64.7. The number of Topliss-reactive ketones (excluding diaryl/α,β-unsaturated/α-hetero) is 1. The zero-order valence-corrected chi connectivity index (χ0v) is 77.0. The Hall–Kier alpha value is -11.7. The van der Waals surface area contributed by atoms with Gasteiger partial charge in [0.15, 0.2) is 46.0 Å². The summed E-state index contributed by atoms with van der Waals surface area (Å²) in [5.41, 5.74) is 26.2. The number of nitrogens with one attached hydrogen (secondary N) is 5. The van der Waals surface area contributed by atoms with Crippen molar-refractivity contribution in [1.29, 1.82) is 10.5 Å². The smallest absolute Gasteiger partial charge is 0.407 e. The number of amides is 2. The van der Waals surface area contributed by atoms with Crippen LogP contribution in [0.4, 0.5) is 9.59 Å². The topological polar surface area (TPSA) is 410 Å². The molecular formula is C96H114N12O19S2. The van der Waals surface area contributed by atoms with Gasteiger partial charge in [-0.05, 0) is 200 Å². The molecule has 6 aromatic carbocycles. The van der Waals surface area contributed by atoms with Gasteiger partial charge >= 0.3 is 12.2 Å². The number of nitrogens with zero attached hydrogens (tertiary/aromatic N) is 6. The standard InChI is InChI=1S/C47H54N6O8S.C31H35N3O7S.C16H21N3O2.C2H4O2/c1-9-12-59-46(56)49-18-28-16-30-29-13-23(2)10-11-31(29)50-45(30)47(6,51-28)20-62-44-35-25(4)26(5)42-43(61-22-60-42)37(35)34(19-58-21-54)53-33(17-48)32-15-27-14-24(3)41(57-8)40(55)36(27)38(39(44)53)52(32)7;1-14-7-18-8-19-20(9-32)34-21(10-39-12-35)24-22(16(3)17(4)29-30(24)41-13-40-29)31(42-11-15(2)36)26(34)25(33(19)5)23(18)27(37)28(14)38-6;1-3-6-21-16(20)19-10-13(17)8-12-9-18-15-5-4-11(2)7-14(12)15;1-2(3)4/h9-11,13-14,21,28,32-34,38-39,44,50-51,55H,1,12,15-16,18-20,22H2,2-8H3,(H,49,56);7,12,19-21,25-26,31,37H,8,10-11,13H2,1-6H3;3-5,7,9,13,18H,1,6,8,10,17H2,2H3,(H,19,20);1H3,(H,3,4)/t28-,32-,33-,34-,38+,39+,44+,47+;19-,20-,21-,25+,26+,31+;13-;/m000./s1. The third-order valence-electron chi connectivity index (χ3n) is 26.7. The van der Waals surface area contributed by atoms with E-state index in [4.69, 9.17) is 63.0 Å². The van der Waals surface area contributed by atoms with E-state index in [1.54, 1.807) is 39.0 Å². The number of hydrogen-bond acceptors (Lipinski definition) is 28. The van der Waals surface area contributed by atoms with E-state index in [9.17, 15) is 44.7 Å². The molecule has 10 N–H and O–H groups in total. The summed E-state index contributed by atoms with van der Waals surface area (Å²) in [6.07, 6.45) is 6.50. The first-order valence-electron chi connectivity index (χ1n) is 43.0.